The van der Waals surface area contributed by atoms with Gasteiger partial charge in [0, 0.05) is 12.5 Å². The van der Waals surface area contributed by atoms with E-state index in [9.17, 15) is 9.59 Å². The molecule has 0 aromatic rings. The van der Waals surface area contributed by atoms with Gasteiger partial charge in [-0.05, 0) is 31.1 Å². The first kappa shape index (κ1) is 15.6. The van der Waals surface area contributed by atoms with Crippen LogP contribution in [0, 0.1) is 17.8 Å². The highest BCUT2D eigenvalue weighted by Gasteiger charge is 2.35. The van der Waals surface area contributed by atoms with Crippen LogP contribution < -0.4 is 5.32 Å². The fraction of sp³-hybridized carbons (Fsp3) is 0.867. The average Bonchev–Trinajstić information content (AvgIpc) is 2.50. The summed E-state index contributed by atoms with van der Waals surface area (Å²) in [4.78, 5) is 23.3. The molecule has 1 amide bonds. The van der Waals surface area contributed by atoms with E-state index < -0.39 is 11.3 Å². The molecule has 114 valence electrons. The van der Waals surface area contributed by atoms with Crippen LogP contribution in [0.4, 0.5) is 0 Å². The van der Waals surface area contributed by atoms with Gasteiger partial charge in [0.2, 0.25) is 5.91 Å². The van der Waals surface area contributed by atoms with Gasteiger partial charge in [-0.2, -0.15) is 0 Å². The smallest absolute Gasteiger partial charge is 0.325 e. The Bertz CT molecular complexity index is 361. The number of rotatable bonds is 4. The number of hydrogen-bond donors (Lipinski definition) is 1. The first-order chi connectivity index (χ1) is 9.61. The Morgan fingerprint density at radius 3 is 2.60 bits per heavy atom. The molecule has 0 saturated heterocycles. The molecule has 0 aromatic heterocycles. The normalized spacial score (nSPS) is 31.0. The third-order valence-electron chi connectivity index (χ3n) is 4.82. The number of nitrogens with one attached hydrogen (secondary N) is 1. The van der Waals surface area contributed by atoms with Gasteiger partial charge in [0.25, 0.3) is 0 Å². The molecule has 4 nitrogen and oxygen atoms in total. The molecule has 5 heteroatoms. The van der Waals surface area contributed by atoms with E-state index in [0.717, 1.165) is 24.7 Å². The number of alkyl halides is 1. The van der Waals surface area contributed by atoms with Gasteiger partial charge in [0.15, 0.2) is 0 Å². The Hall–Kier alpha value is -0.770. The third-order valence-corrected chi connectivity index (χ3v) is 5.16. The molecule has 0 aromatic carbocycles. The highest BCUT2D eigenvalue weighted by Crippen LogP contribution is 2.42. The molecule has 4 unspecified atom stereocenters. The van der Waals surface area contributed by atoms with Gasteiger partial charge in [-0.3, -0.25) is 9.59 Å². The van der Waals surface area contributed by atoms with Crippen molar-refractivity contribution in [1.82, 2.24) is 5.32 Å². The van der Waals surface area contributed by atoms with Gasteiger partial charge >= 0.3 is 5.97 Å². The maximum Gasteiger partial charge on any atom is 0.325 e. The Morgan fingerprint density at radius 1 is 1.20 bits per heavy atom. The van der Waals surface area contributed by atoms with Gasteiger partial charge in [-0.25, -0.2) is 0 Å². The number of halogens is 1. The van der Waals surface area contributed by atoms with Gasteiger partial charge in [-0.1, -0.05) is 25.7 Å². The second-order valence-corrected chi connectivity index (χ2v) is 6.58. The largest absolute Gasteiger partial charge is 0.468 e. The quantitative estimate of drug-likeness (QED) is 0.641. The van der Waals surface area contributed by atoms with Gasteiger partial charge in [-0.15, -0.1) is 11.6 Å². The van der Waals surface area contributed by atoms with Crippen LogP contribution in [0.15, 0.2) is 0 Å². The maximum atomic E-state index is 12.2. The van der Waals surface area contributed by atoms with Crippen LogP contribution in [0.3, 0.4) is 0 Å². The van der Waals surface area contributed by atoms with Crippen LogP contribution in [0.2, 0.25) is 0 Å². The Kier molecular flexibility index (Phi) is 5.70. The zero-order valence-electron chi connectivity index (χ0n) is 12.1. The van der Waals surface area contributed by atoms with Crippen molar-refractivity contribution in [2.45, 2.75) is 50.3 Å². The molecule has 2 saturated carbocycles. The summed E-state index contributed by atoms with van der Waals surface area (Å²) in [5.41, 5.74) is 0. The van der Waals surface area contributed by atoms with E-state index in [-0.39, 0.29) is 18.4 Å². The van der Waals surface area contributed by atoms with Crippen molar-refractivity contribution in [3.8, 4) is 0 Å². The lowest BCUT2D eigenvalue weighted by Crippen LogP contribution is -2.40. The molecule has 0 bridgehead atoms. The third kappa shape index (κ3) is 3.87. The molecule has 0 heterocycles. The molecule has 2 rings (SSSR count). The summed E-state index contributed by atoms with van der Waals surface area (Å²) in [6.07, 6.45) is 8.41. The summed E-state index contributed by atoms with van der Waals surface area (Å²) in [5, 5.41) is 1.99. The highest BCUT2D eigenvalue weighted by molar-refractivity contribution is 6.30. The van der Waals surface area contributed by atoms with Crippen LogP contribution in [0.5, 0.6) is 0 Å². The number of carbonyl (C=O) groups excluding carboxylic acids is 2. The molecule has 2 fully saturated rings. The fourth-order valence-corrected chi connectivity index (χ4v) is 3.82. The minimum Gasteiger partial charge on any atom is -0.468 e. The number of ether oxygens (including phenoxy) is 1. The van der Waals surface area contributed by atoms with E-state index in [1.54, 1.807) is 0 Å². The number of methoxy groups -OCH3 is 1. The number of fused-ring (bicyclic) bond motifs is 1. The second kappa shape index (κ2) is 7.30. The molecular weight excluding hydrogens is 278 g/mol. The minimum absolute atomic E-state index is 0.0450. The number of carbonyl (C=O) groups is 2. The highest BCUT2D eigenvalue weighted by atomic mass is 35.5. The number of esters is 1. The molecule has 0 spiro atoms. The Labute approximate surface area is 125 Å². The van der Waals surface area contributed by atoms with Crippen molar-refractivity contribution < 1.29 is 14.3 Å². The molecule has 2 aliphatic rings. The summed E-state index contributed by atoms with van der Waals surface area (Å²) in [5.74, 6) is 1.20. The van der Waals surface area contributed by atoms with Crippen molar-refractivity contribution in [2.24, 2.45) is 17.8 Å². The summed E-state index contributed by atoms with van der Waals surface area (Å²) < 4.78 is 4.54. The standard InChI is InChI=1S/C15H24ClNO3/c1-20-15(19)13(16)9-17-14(18)12-7-6-10-4-2-3-5-11(10)8-12/h10-13H,2-9H2,1H3,(H,17,18). The predicted octanol–water partition coefficient (Wildman–Crippen LogP) is 2.49. The molecule has 1 N–H and O–H groups in total. The molecule has 0 aliphatic heterocycles. The summed E-state index contributed by atoms with van der Waals surface area (Å²) in [6.45, 7) is 0.150. The first-order valence-corrected chi connectivity index (χ1v) is 8.05. The molecule has 20 heavy (non-hydrogen) atoms. The van der Waals surface area contributed by atoms with Crippen molar-refractivity contribution in [2.75, 3.05) is 13.7 Å². The summed E-state index contributed by atoms with van der Waals surface area (Å²) in [6, 6.07) is 0. The van der Waals surface area contributed by atoms with Crippen LogP contribution >= 0.6 is 11.6 Å². The molecular formula is C15H24ClNO3. The maximum absolute atomic E-state index is 12.2. The molecule has 2 aliphatic carbocycles. The van der Waals surface area contributed by atoms with Crippen LogP contribution in [-0.2, 0) is 14.3 Å². The lowest BCUT2D eigenvalue weighted by molar-refractivity contribution is -0.140. The first-order valence-electron chi connectivity index (χ1n) is 7.61. The van der Waals surface area contributed by atoms with E-state index in [2.05, 4.69) is 10.1 Å². The SMILES string of the molecule is COC(=O)C(Cl)CNC(=O)C1CCC2CCCCC2C1. The van der Waals surface area contributed by atoms with Gasteiger partial charge in [0.1, 0.15) is 5.38 Å². The van der Waals surface area contributed by atoms with Crippen LogP contribution in [-0.4, -0.2) is 30.9 Å². The topological polar surface area (TPSA) is 55.4 Å². The minimum atomic E-state index is -0.796. The van der Waals surface area contributed by atoms with Crippen molar-refractivity contribution in [1.29, 1.82) is 0 Å². The fourth-order valence-electron chi connectivity index (χ4n) is 3.66. The Morgan fingerprint density at radius 2 is 1.90 bits per heavy atom. The van der Waals surface area contributed by atoms with E-state index in [1.165, 1.54) is 39.2 Å². The lowest BCUT2D eigenvalue weighted by atomic mass is 9.67. The summed E-state index contributed by atoms with van der Waals surface area (Å²) >= 11 is 5.84. The van der Waals surface area contributed by atoms with Crippen LogP contribution in [0.25, 0.3) is 0 Å². The molecule has 0 radical (unpaired) electrons. The lowest BCUT2D eigenvalue weighted by Gasteiger charge is -2.38. The van der Waals surface area contributed by atoms with Gasteiger partial charge < -0.3 is 10.1 Å². The van der Waals surface area contributed by atoms with Crippen molar-refractivity contribution in [3.05, 3.63) is 0 Å². The van der Waals surface area contributed by atoms with E-state index >= 15 is 0 Å². The van der Waals surface area contributed by atoms with Crippen molar-refractivity contribution in [3.63, 3.8) is 0 Å². The summed E-state index contributed by atoms with van der Waals surface area (Å²) in [7, 11) is 1.30. The zero-order chi connectivity index (χ0) is 14.5. The van der Waals surface area contributed by atoms with Crippen molar-refractivity contribution >= 4 is 23.5 Å². The monoisotopic (exact) mass is 301 g/mol. The molecule has 4 atom stereocenters. The average molecular weight is 302 g/mol. The predicted molar refractivity (Wildman–Crippen MR) is 77.5 cm³/mol. The zero-order valence-corrected chi connectivity index (χ0v) is 12.8. The van der Waals surface area contributed by atoms with E-state index in [0.29, 0.717) is 0 Å². The second-order valence-electron chi connectivity index (χ2n) is 6.05. The van der Waals surface area contributed by atoms with Crippen LogP contribution in [0.1, 0.15) is 44.9 Å². The van der Waals surface area contributed by atoms with E-state index in [1.807, 2.05) is 0 Å². The number of hydrogen-bond acceptors (Lipinski definition) is 3. The Balaban J connectivity index is 1.77. The van der Waals surface area contributed by atoms with Gasteiger partial charge in [0.05, 0.1) is 7.11 Å². The van der Waals surface area contributed by atoms with E-state index in [4.69, 9.17) is 11.6 Å². The number of amides is 1.